The molecule has 0 aliphatic carbocycles. The van der Waals surface area contributed by atoms with E-state index < -0.39 is 35.6 Å². The van der Waals surface area contributed by atoms with Gasteiger partial charge in [0.15, 0.2) is 0 Å². The van der Waals surface area contributed by atoms with E-state index in [2.05, 4.69) is 10.6 Å². The van der Waals surface area contributed by atoms with E-state index in [1.807, 2.05) is 68.4 Å². The fraction of sp³-hybridized carbons (Fsp3) is 0.407. The predicted octanol–water partition coefficient (Wildman–Crippen LogP) is 3.93. The molecule has 0 fully saturated rings. The van der Waals surface area contributed by atoms with Crippen molar-refractivity contribution in [3.63, 3.8) is 0 Å². The van der Waals surface area contributed by atoms with Gasteiger partial charge in [-0.05, 0) is 52.7 Å². The molecular formula is C27H34N4O4. The maximum atomic E-state index is 13.5. The summed E-state index contributed by atoms with van der Waals surface area (Å²) in [5.41, 5.74) is 2.59. The Bertz CT molecular complexity index is 1070. The molecule has 186 valence electrons. The van der Waals surface area contributed by atoms with Crippen molar-refractivity contribution in [1.82, 2.24) is 15.5 Å². The lowest BCUT2D eigenvalue weighted by Crippen LogP contribution is -2.52. The van der Waals surface area contributed by atoms with Gasteiger partial charge in [-0.25, -0.2) is 4.79 Å². The van der Waals surface area contributed by atoms with E-state index in [4.69, 9.17) is 4.74 Å². The number of nitrogens with zero attached hydrogens (tertiary/aromatic N) is 2. The average molecular weight is 479 g/mol. The Morgan fingerprint density at radius 3 is 2.20 bits per heavy atom. The van der Waals surface area contributed by atoms with Gasteiger partial charge in [0.1, 0.15) is 24.2 Å². The Morgan fingerprint density at radius 1 is 1.06 bits per heavy atom. The second-order valence-electron chi connectivity index (χ2n) is 9.52. The Morgan fingerprint density at radius 2 is 1.66 bits per heavy atom. The summed E-state index contributed by atoms with van der Waals surface area (Å²) in [5, 5.41) is 14.9. The molecule has 2 aromatic carbocycles. The van der Waals surface area contributed by atoms with Crippen molar-refractivity contribution in [2.75, 3.05) is 6.54 Å². The van der Waals surface area contributed by atoms with Crippen LogP contribution >= 0.6 is 0 Å². The minimum Gasteiger partial charge on any atom is -0.444 e. The molecule has 2 aromatic rings. The van der Waals surface area contributed by atoms with Gasteiger partial charge in [0, 0.05) is 6.54 Å². The molecular weight excluding hydrogens is 444 g/mol. The SMILES string of the molecule is Cc1cc(C)cc(C(C(=O)NCc2ccccc2)N(CC#N)C(=O)C(C)NC(=O)OC(C)(C)C)c1. The number of hydrogen-bond donors (Lipinski definition) is 2. The van der Waals surface area contributed by atoms with Crippen LogP contribution < -0.4 is 10.6 Å². The molecule has 2 rings (SSSR count). The molecule has 3 amide bonds. The molecule has 0 radical (unpaired) electrons. The number of carbonyl (C=O) groups excluding carboxylic acids is 3. The minimum absolute atomic E-state index is 0.265. The summed E-state index contributed by atoms with van der Waals surface area (Å²) in [5.74, 6) is -0.997. The molecule has 0 aliphatic rings. The van der Waals surface area contributed by atoms with Crippen molar-refractivity contribution in [1.29, 1.82) is 5.26 Å². The van der Waals surface area contributed by atoms with E-state index in [0.29, 0.717) is 5.56 Å². The smallest absolute Gasteiger partial charge is 0.408 e. The van der Waals surface area contributed by atoms with Crippen molar-refractivity contribution < 1.29 is 19.1 Å². The van der Waals surface area contributed by atoms with Crippen LogP contribution in [-0.2, 0) is 20.9 Å². The highest BCUT2D eigenvalue weighted by atomic mass is 16.6. The van der Waals surface area contributed by atoms with E-state index in [1.165, 1.54) is 11.8 Å². The molecule has 0 aromatic heterocycles. The zero-order valence-electron chi connectivity index (χ0n) is 21.2. The highest BCUT2D eigenvalue weighted by molar-refractivity contribution is 5.92. The lowest BCUT2D eigenvalue weighted by molar-refractivity contribution is -0.141. The van der Waals surface area contributed by atoms with E-state index >= 15 is 0 Å². The quantitative estimate of drug-likeness (QED) is 0.559. The van der Waals surface area contributed by atoms with Crippen LogP contribution in [0.25, 0.3) is 0 Å². The first-order chi connectivity index (χ1) is 16.4. The Labute approximate surface area is 207 Å². The van der Waals surface area contributed by atoms with E-state index in [9.17, 15) is 19.6 Å². The number of carbonyl (C=O) groups is 3. The van der Waals surface area contributed by atoms with Gasteiger partial charge in [-0.1, -0.05) is 59.7 Å². The number of rotatable bonds is 8. The lowest BCUT2D eigenvalue weighted by atomic mass is 9.98. The summed E-state index contributed by atoms with van der Waals surface area (Å²) in [6.45, 7) is 10.4. The van der Waals surface area contributed by atoms with E-state index in [0.717, 1.165) is 16.7 Å². The Balaban J connectivity index is 2.37. The molecule has 2 N–H and O–H groups in total. The van der Waals surface area contributed by atoms with Crippen LogP contribution in [0.4, 0.5) is 4.79 Å². The Hall–Kier alpha value is -3.86. The minimum atomic E-state index is -1.06. The molecule has 8 nitrogen and oxygen atoms in total. The van der Waals surface area contributed by atoms with Crippen molar-refractivity contribution in [3.05, 3.63) is 70.8 Å². The molecule has 35 heavy (non-hydrogen) atoms. The summed E-state index contributed by atoms with van der Waals surface area (Å²) in [4.78, 5) is 40.3. The summed E-state index contributed by atoms with van der Waals surface area (Å²) in [6, 6.07) is 14.9. The van der Waals surface area contributed by atoms with Crippen LogP contribution in [0.15, 0.2) is 48.5 Å². The van der Waals surface area contributed by atoms with Gasteiger partial charge in [0.25, 0.3) is 0 Å². The first kappa shape index (κ1) is 27.4. The van der Waals surface area contributed by atoms with Gasteiger partial charge in [-0.15, -0.1) is 0 Å². The fourth-order valence-electron chi connectivity index (χ4n) is 3.69. The second kappa shape index (κ2) is 12.0. The fourth-order valence-corrected chi connectivity index (χ4v) is 3.69. The van der Waals surface area contributed by atoms with E-state index in [1.54, 1.807) is 20.8 Å². The van der Waals surface area contributed by atoms with Gasteiger partial charge in [-0.3, -0.25) is 9.59 Å². The summed E-state index contributed by atoms with van der Waals surface area (Å²) in [6.07, 6.45) is -0.758. The molecule has 2 atom stereocenters. The van der Waals surface area contributed by atoms with Crippen LogP contribution in [0.5, 0.6) is 0 Å². The van der Waals surface area contributed by atoms with Gasteiger partial charge >= 0.3 is 6.09 Å². The number of amides is 3. The topological polar surface area (TPSA) is 112 Å². The molecule has 0 aliphatic heterocycles. The third-order valence-corrected chi connectivity index (χ3v) is 5.06. The first-order valence-corrected chi connectivity index (χ1v) is 11.5. The van der Waals surface area contributed by atoms with Crippen LogP contribution in [-0.4, -0.2) is 41.0 Å². The molecule has 0 bridgehead atoms. The zero-order valence-corrected chi connectivity index (χ0v) is 21.2. The third-order valence-electron chi connectivity index (χ3n) is 5.06. The number of alkyl carbamates (subject to hydrolysis) is 1. The van der Waals surface area contributed by atoms with Gasteiger partial charge in [-0.2, -0.15) is 5.26 Å². The van der Waals surface area contributed by atoms with Crippen LogP contribution in [0.3, 0.4) is 0 Å². The molecule has 8 heteroatoms. The monoisotopic (exact) mass is 478 g/mol. The molecule has 2 unspecified atom stereocenters. The number of aryl methyl sites for hydroxylation is 2. The lowest BCUT2D eigenvalue weighted by Gasteiger charge is -2.32. The largest absolute Gasteiger partial charge is 0.444 e. The maximum Gasteiger partial charge on any atom is 0.408 e. The summed E-state index contributed by atoms with van der Waals surface area (Å²) >= 11 is 0. The first-order valence-electron chi connectivity index (χ1n) is 11.5. The van der Waals surface area contributed by atoms with Crippen LogP contribution in [0.1, 0.15) is 56.0 Å². The number of nitrogens with one attached hydrogen (secondary N) is 2. The van der Waals surface area contributed by atoms with Crippen molar-refractivity contribution in [2.24, 2.45) is 0 Å². The number of benzene rings is 2. The predicted molar refractivity (Wildman–Crippen MR) is 133 cm³/mol. The standard InChI is InChI=1S/C27H34N4O4/c1-18-14-19(2)16-22(15-18)23(24(32)29-17-21-10-8-7-9-11-21)31(13-12-28)25(33)20(3)30-26(34)35-27(4,5)6/h7-11,14-16,20,23H,13,17H2,1-6H3,(H,29,32)(H,30,34). The average Bonchev–Trinajstić information content (AvgIpc) is 2.75. The normalized spacial score (nSPS) is 12.6. The van der Waals surface area contributed by atoms with Crippen molar-refractivity contribution in [2.45, 2.75) is 65.8 Å². The number of ether oxygens (including phenoxy) is 1. The highest BCUT2D eigenvalue weighted by Crippen LogP contribution is 2.25. The van der Waals surface area contributed by atoms with Gasteiger partial charge in [0.2, 0.25) is 11.8 Å². The molecule has 0 spiro atoms. The van der Waals surface area contributed by atoms with Gasteiger partial charge in [0.05, 0.1) is 6.07 Å². The van der Waals surface area contributed by atoms with E-state index in [-0.39, 0.29) is 13.1 Å². The second-order valence-corrected chi connectivity index (χ2v) is 9.52. The zero-order chi connectivity index (χ0) is 26.2. The van der Waals surface area contributed by atoms with Crippen molar-refractivity contribution >= 4 is 17.9 Å². The van der Waals surface area contributed by atoms with Gasteiger partial charge < -0.3 is 20.3 Å². The molecule has 0 heterocycles. The number of nitriles is 1. The maximum absolute atomic E-state index is 13.5. The third kappa shape index (κ3) is 8.45. The van der Waals surface area contributed by atoms with Crippen LogP contribution in [0, 0.1) is 25.2 Å². The van der Waals surface area contributed by atoms with Crippen molar-refractivity contribution in [3.8, 4) is 6.07 Å². The summed E-state index contributed by atoms with van der Waals surface area (Å²) < 4.78 is 5.24. The molecule has 0 saturated carbocycles. The number of hydrogen-bond acceptors (Lipinski definition) is 5. The Kier molecular flexibility index (Phi) is 9.41. The highest BCUT2D eigenvalue weighted by Gasteiger charge is 2.34. The summed E-state index contributed by atoms with van der Waals surface area (Å²) in [7, 11) is 0. The molecule has 0 saturated heterocycles. The van der Waals surface area contributed by atoms with Crippen LogP contribution in [0.2, 0.25) is 0 Å².